The number of ether oxygens (including phenoxy) is 1. The molecule has 0 aliphatic heterocycles. The van der Waals surface area contributed by atoms with Gasteiger partial charge < -0.3 is 4.74 Å². The van der Waals surface area contributed by atoms with E-state index in [4.69, 9.17) is 4.74 Å². The molecule has 0 saturated carbocycles. The monoisotopic (exact) mass is 263 g/mol. The Morgan fingerprint density at radius 3 is 2.60 bits per heavy atom. The molecule has 0 atom stereocenters. The van der Waals surface area contributed by atoms with Crippen molar-refractivity contribution >= 4 is 27.5 Å². The normalized spacial score (nSPS) is 11.4. The Bertz CT molecular complexity index is 927. The van der Waals surface area contributed by atoms with Crippen molar-refractivity contribution in [3.05, 3.63) is 48.5 Å². The summed E-state index contributed by atoms with van der Waals surface area (Å²) in [6.45, 7) is 2.56. The Hall–Kier alpha value is -2.62. The molecular weight excluding hydrogens is 250 g/mol. The summed E-state index contributed by atoms with van der Waals surface area (Å²) in [5.74, 6) is 0.668. The zero-order valence-electron chi connectivity index (χ0n) is 11.1. The molecule has 4 rings (SSSR count). The maximum Gasteiger partial charge on any atom is 0.225 e. The number of hydrogen-bond donors (Lipinski definition) is 0. The van der Waals surface area contributed by atoms with Crippen LogP contribution in [0, 0.1) is 0 Å². The average Bonchev–Trinajstić information content (AvgIpc) is 2.87. The third-order valence-electron chi connectivity index (χ3n) is 3.40. The van der Waals surface area contributed by atoms with E-state index >= 15 is 0 Å². The minimum Gasteiger partial charge on any atom is -0.477 e. The van der Waals surface area contributed by atoms with Crippen LogP contribution in [0.5, 0.6) is 5.88 Å². The molecule has 0 aliphatic rings. The van der Waals surface area contributed by atoms with Crippen molar-refractivity contribution in [2.75, 3.05) is 6.61 Å². The molecule has 0 N–H and O–H groups in total. The van der Waals surface area contributed by atoms with Gasteiger partial charge in [-0.1, -0.05) is 24.3 Å². The van der Waals surface area contributed by atoms with Crippen molar-refractivity contribution in [1.29, 1.82) is 0 Å². The molecule has 4 nitrogen and oxygen atoms in total. The highest BCUT2D eigenvalue weighted by Crippen LogP contribution is 2.28. The summed E-state index contributed by atoms with van der Waals surface area (Å²) in [5.41, 5.74) is 2.79. The van der Waals surface area contributed by atoms with E-state index in [-0.39, 0.29) is 0 Å². The third-order valence-corrected chi connectivity index (χ3v) is 3.40. The molecule has 0 spiro atoms. The maximum atomic E-state index is 5.69. The van der Waals surface area contributed by atoms with Crippen molar-refractivity contribution < 1.29 is 4.74 Å². The predicted molar refractivity (Wildman–Crippen MR) is 79.2 cm³/mol. The van der Waals surface area contributed by atoms with Gasteiger partial charge in [-0.2, -0.15) is 10.1 Å². The van der Waals surface area contributed by atoms with Crippen LogP contribution in [0.4, 0.5) is 0 Å². The first-order valence-corrected chi connectivity index (χ1v) is 6.67. The summed E-state index contributed by atoms with van der Waals surface area (Å²) < 4.78 is 7.58. The molecule has 0 saturated heterocycles. The number of hydrogen-bond acceptors (Lipinski definition) is 3. The smallest absolute Gasteiger partial charge is 0.225 e. The van der Waals surface area contributed by atoms with Gasteiger partial charge in [0.2, 0.25) is 5.88 Å². The summed E-state index contributed by atoms with van der Waals surface area (Å²) in [6, 6.07) is 16.1. The second kappa shape index (κ2) is 4.20. The van der Waals surface area contributed by atoms with Crippen LogP contribution >= 0.6 is 0 Å². The minimum atomic E-state index is 0.596. The zero-order valence-corrected chi connectivity index (χ0v) is 11.1. The molecule has 20 heavy (non-hydrogen) atoms. The van der Waals surface area contributed by atoms with E-state index in [9.17, 15) is 0 Å². The summed E-state index contributed by atoms with van der Waals surface area (Å²) in [4.78, 5) is 4.66. The number of fused-ring (bicyclic) bond motifs is 5. The lowest BCUT2D eigenvalue weighted by molar-refractivity contribution is 0.332. The number of nitrogens with zero attached hydrogens (tertiary/aromatic N) is 3. The van der Waals surface area contributed by atoms with Crippen molar-refractivity contribution in [2.24, 2.45) is 0 Å². The van der Waals surface area contributed by atoms with E-state index in [0.29, 0.717) is 12.5 Å². The Morgan fingerprint density at radius 2 is 1.75 bits per heavy atom. The van der Waals surface area contributed by atoms with Crippen LogP contribution < -0.4 is 4.74 Å². The Morgan fingerprint density at radius 1 is 1.00 bits per heavy atom. The Balaban J connectivity index is 2.23. The lowest BCUT2D eigenvalue weighted by atomic mass is 10.2. The highest BCUT2D eigenvalue weighted by molar-refractivity contribution is 5.96. The molecule has 2 aromatic heterocycles. The van der Waals surface area contributed by atoms with E-state index < -0.39 is 0 Å². The van der Waals surface area contributed by atoms with Crippen molar-refractivity contribution in [3.63, 3.8) is 0 Å². The average molecular weight is 263 g/mol. The van der Waals surface area contributed by atoms with E-state index in [0.717, 1.165) is 27.5 Å². The first kappa shape index (κ1) is 11.2. The lowest BCUT2D eigenvalue weighted by Crippen LogP contribution is -2.00. The SMILES string of the molecule is CCOc1nc2c3ccccc3nn2c2ccccc12. The van der Waals surface area contributed by atoms with Gasteiger partial charge >= 0.3 is 0 Å². The molecule has 0 radical (unpaired) electrons. The lowest BCUT2D eigenvalue weighted by Gasteiger charge is -2.07. The third kappa shape index (κ3) is 1.48. The molecular formula is C16H13N3O. The fraction of sp³-hybridized carbons (Fsp3) is 0.125. The molecule has 0 bridgehead atoms. The molecule has 4 aromatic rings. The molecule has 0 amide bonds. The molecule has 4 heteroatoms. The summed E-state index contributed by atoms with van der Waals surface area (Å²) >= 11 is 0. The van der Waals surface area contributed by atoms with Crippen LogP contribution in [0.3, 0.4) is 0 Å². The Labute approximate surface area is 115 Å². The van der Waals surface area contributed by atoms with Crippen LogP contribution in [0.2, 0.25) is 0 Å². The van der Waals surface area contributed by atoms with Crippen LogP contribution in [0.25, 0.3) is 27.5 Å². The van der Waals surface area contributed by atoms with Gasteiger partial charge in [0.15, 0.2) is 5.65 Å². The van der Waals surface area contributed by atoms with Crippen LogP contribution in [-0.2, 0) is 0 Å². The van der Waals surface area contributed by atoms with Gasteiger partial charge in [0.1, 0.15) is 0 Å². The van der Waals surface area contributed by atoms with E-state index in [1.54, 1.807) is 0 Å². The quantitative estimate of drug-likeness (QED) is 0.556. The zero-order chi connectivity index (χ0) is 13.5. The molecule has 98 valence electrons. The van der Waals surface area contributed by atoms with Crippen LogP contribution in [-0.4, -0.2) is 21.2 Å². The first-order chi connectivity index (χ1) is 9.88. The summed E-state index contributed by atoms with van der Waals surface area (Å²) in [5, 5.41) is 6.67. The highest BCUT2D eigenvalue weighted by Gasteiger charge is 2.13. The topological polar surface area (TPSA) is 39.4 Å². The fourth-order valence-electron chi connectivity index (χ4n) is 2.54. The van der Waals surface area contributed by atoms with Gasteiger partial charge in [0.05, 0.1) is 23.0 Å². The van der Waals surface area contributed by atoms with Gasteiger partial charge in [-0.15, -0.1) is 0 Å². The number of para-hydroxylation sites is 1. The van der Waals surface area contributed by atoms with E-state index in [1.165, 1.54) is 0 Å². The summed E-state index contributed by atoms with van der Waals surface area (Å²) in [6.07, 6.45) is 0. The second-order valence-corrected chi connectivity index (χ2v) is 4.62. The second-order valence-electron chi connectivity index (χ2n) is 4.62. The molecule has 2 heterocycles. The maximum absolute atomic E-state index is 5.69. The number of benzene rings is 2. The molecule has 2 aromatic carbocycles. The predicted octanol–water partition coefficient (Wildman–Crippen LogP) is 3.43. The van der Waals surface area contributed by atoms with Crippen LogP contribution in [0.15, 0.2) is 48.5 Å². The first-order valence-electron chi connectivity index (χ1n) is 6.67. The van der Waals surface area contributed by atoms with Crippen LogP contribution in [0.1, 0.15) is 6.92 Å². The highest BCUT2D eigenvalue weighted by atomic mass is 16.5. The fourth-order valence-corrected chi connectivity index (χ4v) is 2.54. The minimum absolute atomic E-state index is 0.596. The van der Waals surface area contributed by atoms with Crippen molar-refractivity contribution in [3.8, 4) is 5.88 Å². The molecule has 0 fully saturated rings. The molecule has 0 aliphatic carbocycles. The largest absolute Gasteiger partial charge is 0.477 e. The van der Waals surface area contributed by atoms with Crippen molar-refractivity contribution in [1.82, 2.24) is 14.6 Å². The number of rotatable bonds is 2. The standard InChI is InChI=1S/C16H13N3O/c1-2-20-16-12-8-4-6-10-14(12)19-15(17-16)11-7-3-5-9-13(11)18-19/h3-10H,2H2,1H3. The van der Waals surface area contributed by atoms with E-state index in [1.807, 2.05) is 60.0 Å². The van der Waals surface area contributed by atoms with Crippen molar-refractivity contribution in [2.45, 2.75) is 6.92 Å². The van der Waals surface area contributed by atoms with Gasteiger partial charge in [-0.25, -0.2) is 4.52 Å². The van der Waals surface area contributed by atoms with Gasteiger partial charge in [-0.3, -0.25) is 0 Å². The van der Waals surface area contributed by atoms with Gasteiger partial charge in [0.25, 0.3) is 0 Å². The summed E-state index contributed by atoms with van der Waals surface area (Å²) in [7, 11) is 0. The van der Waals surface area contributed by atoms with E-state index in [2.05, 4.69) is 10.1 Å². The van der Waals surface area contributed by atoms with Gasteiger partial charge in [-0.05, 0) is 31.2 Å². The van der Waals surface area contributed by atoms with Gasteiger partial charge in [0, 0.05) is 5.39 Å². The molecule has 0 unspecified atom stereocenters. The Kier molecular flexibility index (Phi) is 2.36. The number of aromatic nitrogens is 3.